The monoisotopic (exact) mass is 239 g/mol. The second kappa shape index (κ2) is 5.13. The van der Waals surface area contributed by atoms with Gasteiger partial charge >= 0.3 is 0 Å². The average Bonchev–Trinajstić information content (AvgIpc) is 2.95. The van der Waals surface area contributed by atoms with Gasteiger partial charge in [0.1, 0.15) is 11.6 Å². The molecule has 1 aromatic carbocycles. The van der Waals surface area contributed by atoms with Gasteiger partial charge in [-0.05, 0) is 48.9 Å². The molecule has 1 nitrogen and oxygen atoms in total. The summed E-state index contributed by atoms with van der Waals surface area (Å²) in [6.45, 7) is 5.15. The maximum Gasteiger partial charge on any atom is 0.126 e. The normalized spacial score (nSPS) is 24.7. The maximum absolute atomic E-state index is 13.2. The second-order valence-corrected chi connectivity index (χ2v) is 5.01. The Morgan fingerprint density at radius 3 is 2.35 bits per heavy atom. The highest BCUT2D eigenvalue weighted by Gasteiger charge is 2.40. The lowest BCUT2D eigenvalue weighted by Gasteiger charge is -2.19. The Bertz CT molecular complexity index is 372. The van der Waals surface area contributed by atoms with Crippen molar-refractivity contribution in [1.29, 1.82) is 0 Å². The van der Waals surface area contributed by atoms with Gasteiger partial charge in [-0.1, -0.05) is 13.8 Å². The van der Waals surface area contributed by atoms with E-state index in [0.29, 0.717) is 11.8 Å². The Morgan fingerprint density at radius 2 is 1.88 bits per heavy atom. The van der Waals surface area contributed by atoms with Crippen LogP contribution in [0.5, 0.6) is 0 Å². The molecule has 0 aliphatic heterocycles. The van der Waals surface area contributed by atoms with Crippen molar-refractivity contribution in [3.8, 4) is 0 Å². The fraction of sp³-hybridized carbons (Fsp3) is 0.571. The van der Waals surface area contributed by atoms with Crippen molar-refractivity contribution in [2.75, 3.05) is 6.54 Å². The molecule has 0 saturated heterocycles. The molecule has 1 aliphatic carbocycles. The summed E-state index contributed by atoms with van der Waals surface area (Å²) in [7, 11) is 0. The molecule has 0 spiro atoms. The Labute approximate surface area is 101 Å². The van der Waals surface area contributed by atoms with Gasteiger partial charge in [0.05, 0.1) is 0 Å². The first-order chi connectivity index (χ1) is 8.11. The molecule has 1 N–H and O–H groups in total. The standard InChI is InChI=1S/C14H19F2N/c1-3-4-17-14(13-5-9(13)2)10-6-11(15)8-12(16)7-10/h6-9,13-14,17H,3-5H2,1-2H3. The van der Waals surface area contributed by atoms with Crippen LogP contribution in [0.4, 0.5) is 8.78 Å². The minimum absolute atomic E-state index is 0.0927. The van der Waals surface area contributed by atoms with Crippen molar-refractivity contribution in [1.82, 2.24) is 5.32 Å². The van der Waals surface area contributed by atoms with E-state index in [1.54, 1.807) is 0 Å². The fourth-order valence-electron chi connectivity index (χ4n) is 2.39. The van der Waals surface area contributed by atoms with E-state index in [-0.39, 0.29) is 6.04 Å². The van der Waals surface area contributed by atoms with Crippen molar-refractivity contribution in [2.24, 2.45) is 11.8 Å². The Morgan fingerprint density at radius 1 is 1.29 bits per heavy atom. The zero-order valence-corrected chi connectivity index (χ0v) is 10.3. The fourth-order valence-corrected chi connectivity index (χ4v) is 2.39. The first-order valence-corrected chi connectivity index (χ1v) is 6.31. The molecule has 3 heteroatoms. The quantitative estimate of drug-likeness (QED) is 0.826. The zero-order chi connectivity index (χ0) is 12.4. The molecule has 3 atom stereocenters. The van der Waals surface area contributed by atoms with Gasteiger partial charge in [-0.3, -0.25) is 0 Å². The highest BCUT2D eigenvalue weighted by molar-refractivity contribution is 5.23. The van der Waals surface area contributed by atoms with Crippen molar-refractivity contribution in [3.05, 3.63) is 35.4 Å². The highest BCUT2D eigenvalue weighted by atomic mass is 19.1. The van der Waals surface area contributed by atoms with Crippen molar-refractivity contribution in [3.63, 3.8) is 0 Å². The summed E-state index contributed by atoms with van der Waals surface area (Å²) in [5.74, 6) is 0.187. The summed E-state index contributed by atoms with van der Waals surface area (Å²) in [5, 5.41) is 3.40. The molecule has 1 fully saturated rings. The lowest BCUT2D eigenvalue weighted by molar-refractivity contribution is 0.456. The smallest absolute Gasteiger partial charge is 0.126 e. The lowest BCUT2D eigenvalue weighted by atomic mass is 10.0. The SMILES string of the molecule is CCCNC(c1cc(F)cc(F)c1)C1CC1C. The second-order valence-electron chi connectivity index (χ2n) is 5.01. The minimum atomic E-state index is -0.489. The van der Waals surface area contributed by atoms with Crippen LogP contribution < -0.4 is 5.32 Å². The van der Waals surface area contributed by atoms with E-state index in [4.69, 9.17) is 0 Å². The van der Waals surface area contributed by atoms with E-state index in [9.17, 15) is 8.78 Å². The van der Waals surface area contributed by atoms with Crippen LogP contribution in [0.3, 0.4) is 0 Å². The van der Waals surface area contributed by atoms with E-state index >= 15 is 0 Å². The number of rotatable bonds is 5. The molecule has 1 aromatic rings. The first-order valence-electron chi connectivity index (χ1n) is 6.31. The third kappa shape index (κ3) is 3.03. The van der Waals surface area contributed by atoms with Crippen molar-refractivity contribution in [2.45, 2.75) is 32.7 Å². The van der Waals surface area contributed by atoms with Crippen LogP contribution in [0, 0.1) is 23.5 Å². The molecule has 0 radical (unpaired) electrons. The van der Waals surface area contributed by atoms with Gasteiger partial charge in [0, 0.05) is 12.1 Å². The molecule has 1 saturated carbocycles. The summed E-state index contributed by atoms with van der Waals surface area (Å²) in [5.41, 5.74) is 0.741. The van der Waals surface area contributed by atoms with Crippen molar-refractivity contribution < 1.29 is 8.78 Å². The molecular weight excluding hydrogens is 220 g/mol. The molecular formula is C14H19F2N. The first kappa shape index (κ1) is 12.5. The van der Waals surface area contributed by atoms with Gasteiger partial charge in [-0.15, -0.1) is 0 Å². The van der Waals surface area contributed by atoms with Gasteiger partial charge < -0.3 is 5.32 Å². The van der Waals surface area contributed by atoms with Crippen LogP contribution in [-0.2, 0) is 0 Å². The molecule has 1 aliphatic rings. The number of halogens is 2. The summed E-state index contributed by atoms with van der Waals surface area (Å²) < 4.78 is 26.4. The third-order valence-electron chi connectivity index (χ3n) is 3.46. The van der Waals surface area contributed by atoms with Crippen LogP contribution >= 0.6 is 0 Å². The number of nitrogens with one attached hydrogen (secondary N) is 1. The summed E-state index contributed by atoms with van der Waals surface area (Å²) >= 11 is 0. The minimum Gasteiger partial charge on any atom is -0.310 e. The van der Waals surface area contributed by atoms with Crippen LogP contribution in [0.15, 0.2) is 18.2 Å². The molecule has 0 aromatic heterocycles. The van der Waals surface area contributed by atoms with Gasteiger partial charge in [0.2, 0.25) is 0 Å². The summed E-state index contributed by atoms with van der Waals surface area (Å²) in [6, 6.07) is 3.91. The summed E-state index contributed by atoms with van der Waals surface area (Å²) in [6.07, 6.45) is 2.16. The lowest BCUT2D eigenvalue weighted by Crippen LogP contribution is -2.24. The number of hydrogen-bond donors (Lipinski definition) is 1. The highest BCUT2D eigenvalue weighted by Crippen LogP contribution is 2.47. The van der Waals surface area contributed by atoms with Crippen LogP contribution in [0.25, 0.3) is 0 Å². The predicted octanol–water partition coefficient (Wildman–Crippen LogP) is 3.66. The van der Waals surface area contributed by atoms with Crippen LogP contribution in [0.1, 0.15) is 38.3 Å². The molecule has 17 heavy (non-hydrogen) atoms. The van der Waals surface area contributed by atoms with E-state index < -0.39 is 11.6 Å². The van der Waals surface area contributed by atoms with Gasteiger partial charge in [0.25, 0.3) is 0 Å². The Hall–Kier alpha value is -0.960. The van der Waals surface area contributed by atoms with Crippen LogP contribution in [-0.4, -0.2) is 6.54 Å². The molecule has 2 rings (SSSR count). The topological polar surface area (TPSA) is 12.0 Å². The molecule has 94 valence electrons. The zero-order valence-electron chi connectivity index (χ0n) is 10.3. The number of benzene rings is 1. The van der Waals surface area contributed by atoms with Crippen molar-refractivity contribution >= 4 is 0 Å². The predicted molar refractivity (Wildman–Crippen MR) is 64.7 cm³/mol. The van der Waals surface area contributed by atoms with E-state index in [0.717, 1.165) is 31.0 Å². The molecule has 0 amide bonds. The van der Waals surface area contributed by atoms with Gasteiger partial charge in [0.15, 0.2) is 0 Å². The van der Waals surface area contributed by atoms with Gasteiger partial charge in [-0.25, -0.2) is 8.78 Å². The Kier molecular flexibility index (Phi) is 3.77. The number of hydrogen-bond acceptors (Lipinski definition) is 1. The molecule has 3 unspecified atom stereocenters. The van der Waals surface area contributed by atoms with E-state index in [1.165, 1.54) is 12.1 Å². The average molecular weight is 239 g/mol. The third-order valence-corrected chi connectivity index (χ3v) is 3.46. The molecule has 0 heterocycles. The molecule has 0 bridgehead atoms. The van der Waals surface area contributed by atoms with Crippen LogP contribution in [0.2, 0.25) is 0 Å². The largest absolute Gasteiger partial charge is 0.310 e. The summed E-state index contributed by atoms with van der Waals surface area (Å²) in [4.78, 5) is 0. The maximum atomic E-state index is 13.2. The van der Waals surface area contributed by atoms with E-state index in [2.05, 4.69) is 19.2 Å². The van der Waals surface area contributed by atoms with E-state index in [1.807, 2.05) is 0 Å². The van der Waals surface area contributed by atoms with Gasteiger partial charge in [-0.2, -0.15) is 0 Å². The Balaban J connectivity index is 2.18.